The number of anilines is 1. The Morgan fingerprint density at radius 3 is 2.81 bits per heavy atom. The lowest BCUT2D eigenvalue weighted by atomic mass is 10.1. The molecule has 1 atom stereocenters. The maximum Gasteiger partial charge on any atom is 0.408 e. The number of ether oxygens (including phenoxy) is 1. The average Bonchev–Trinajstić information content (AvgIpc) is 3.72. The van der Waals surface area contributed by atoms with Gasteiger partial charge >= 0.3 is 12.1 Å². The van der Waals surface area contributed by atoms with Crippen LogP contribution in [0.3, 0.4) is 0 Å². The van der Waals surface area contributed by atoms with Crippen LogP contribution in [0.4, 0.5) is 10.6 Å². The summed E-state index contributed by atoms with van der Waals surface area (Å²) in [6.45, 7) is 2.51. The van der Waals surface area contributed by atoms with E-state index in [1.807, 2.05) is 0 Å². The molecule has 4 rings (SSSR count). The Kier molecular flexibility index (Phi) is 9.41. The molecular weight excluding hydrogens is 480 g/mol. The van der Waals surface area contributed by atoms with Gasteiger partial charge in [0.25, 0.3) is 0 Å². The molecule has 1 amide bonds. The number of aryl methyl sites for hydroxylation is 2. The van der Waals surface area contributed by atoms with Gasteiger partial charge in [0.05, 0.1) is 0 Å². The number of carboxylic acids is 1. The lowest BCUT2D eigenvalue weighted by Gasteiger charge is -2.24. The van der Waals surface area contributed by atoms with E-state index >= 15 is 0 Å². The van der Waals surface area contributed by atoms with Gasteiger partial charge in [-0.15, -0.1) is 0 Å². The number of nitrogens with one attached hydrogen (secondary N) is 2. The molecule has 1 aromatic carbocycles. The minimum absolute atomic E-state index is 0.0127. The Morgan fingerprint density at radius 2 is 2.03 bits per heavy atom. The summed E-state index contributed by atoms with van der Waals surface area (Å²) in [4.78, 5) is 31.1. The number of nitrogens with zero attached hydrogens (tertiary/aromatic N) is 2. The molecule has 1 aliphatic carbocycles. The van der Waals surface area contributed by atoms with Gasteiger partial charge in [-0.25, -0.2) is 14.6 Å². The lowest BCUT2D eigenvalue weighted by molar-refractivity contribution is -0.139. The smallest absolute Gasteiger partial charge is 0.408 e. The summed E-state index contributed by atoms with van der Waals surface area (Å²) < 4.78 is 5.19. The maximum absolute atomic E-state index is 12.2. The highest BCUT2D eigenvalue weighted by molar-refractivity contribution is 6.31. The molecule has 1 unspecified atom stereocenters. The largest absolute Gasteiger partial charge is 0.480 e. The molecule has 2 aromatic rings. The molecule has 1 fully saturated rings. The van der Waals surface area contributed by atoms with Crippen molar-refractivity contribution in [1.29, 1.82) is 0 Å². The van der Waals surface area contributed by atoms with E-state index in [2.05, 4.69) is 27.7 Å². The van der Waals surface area contributed by atoms with Gasteiger partial charge in [0.15, 0.2) is 0 Å². The predicted molar refractivity (Wildman–Crippen MR) is 139 cm³/mol. The van der Waals surface area contributed by atoms with Crippen molar-refractivity contribution in [2.24, 2.45) is 0 Å². The Balaban J connectivity index is 1.19. The summed E-state index contributed by atoms with van der Waals surface area (Å²) in [5, 5.41) is 16.0. The molecule has 1 aliphatic heterocycles. The molecule has 1 saturated carbocycles. The van der Waals surface area contributed by atoms with Gasteiger partial charge in [0.1, 0.15) is 18.5 Å². The number of fused-ring (bicyclic) bond motifs is 1. The first-order chi connectivity index (χ1) is 17.5. The number of aromatic nitrogens is 1. The molecular formula is C27H35ClN4O4. The Bertz CT molecular complexity index is 1050. The van der Waals surface area contributed by atoms with Crippen LogP contribution < -0.4 is 10.6 Å². The Hall–Kier alpha value is -2.84. The second-order valence-electron chi connectivity index (χ2n) is 9.56. The van der Waals surface area contributed by atoms with Crippen molar-refractivity contribution < 1.29 is 19.4 Å². The number of carbonyl (C=O) groups is 2. The maximum atomic E-state index is 12.2. The van der Waals surface area contributed by atoms with Crippen molar-refractivity contribution in [2.75, 3.05) is 25.0 Å². The second-order valence-corrected chi connectivity index (χ2v) is 9.96. The summed E-state index contributed by atoms with van der Waals surface area (Å²) in [5.74, 6) is -0.0245. The van der Waals surface area contributed by atoms with Crippen molar-refractivity contribution in [3.63, 3.8) is 0 Å². The average molecular weight is 515 g/mol. The molecule has 0 saturated heterocycles. The number of unbranched alkanes of at least 4 members (excludes halogenated alkanes) is 1. The molecule has 9 heteroatoms. The molecule has 0 bridgehead atoms. The summed E-state index contributed by atoms with van der Waals surface area (Å²) in [6.07, 6.45) is 7.09. The van der Waals surface area contributed by atoms with Crippen molar-refractivity contribution in [1.82, 2.24) is 15.2 Å². The molecule has 0 spiro atoms. The standard InChI is InChI=1S/C27H35ClN4O4/c28-23-9-2-1-6-20(23)18-36-27(35)31-24(26(33)34)14-17-32(22-12-13-22)16-4-3-8-21-11-10-19-7-5-15-29-25(19)30-21/h1-2,6,9-11,22,24H,3-5,7-8,12-18H2,(H,29,30)(H,31,35)(H,33,34). The number of alkyl carbamates (subject to hydrolysis) is 1. The van der Waals surface area contributed by atoms with E-state index in [-0.39, 0.29) is 6.61 Å². The Morgan fingerprint density at radius 1 is 1.19 bits per heavy atom. The van der Waals surface area contributed by atoms with Crippen LogP contribution in [0.5, 0.6) is 0 Å². The normalized spacial score (nSPS) is 15.6. The zero-order valence-corrected chi connectivity index (χ0v) is 21.3. The van der Waals surface area contributed by atoms with Gasteiger partial charge in [0, 0.05) is 35.4 Å². The number of rotatable bonds is 13. The fourth-order valence-corrected chi connectivity index (χ4v) is 4.73. The van der Waals surface area contributed by atoms with E-state index in [0.717, 1.165) is 69.5 Å². The zero-order chi connectivity index (χ0) is 25.3. The van der Waals surface area contributed by atoms with Crippen LogP contribution in [-0.4, -0.2) is 58.8 Å². The van der Waals surface area contributed by atoms with Crippen molar-refractivity contribution in [2.45, 2.75) is 70.1 Å². The van der Waals surface area contributed by atoms with E-state index in [0.29, 0.717) is 29.6 Å². The van der Waals surface area contributed by atoms with E-state index < -0.39 is 18.1 Å². The SMILES string of the molecule is O=C(NC(CCN(CCCCc1ccc2c(n1)NCCC2)C1CC1)C(=O)O)OCc1ccccc1Cl. The lowest BCUT2D eigenvalue weighted by Crippen LogP contribution is -2.43. The molecule has 0 radical (unpaired) electrons. The van der Waals surface area contributed by atoms with Gasteiger partial charge in [-0.05, 0) is 75.6 Å². The number of hydrogen-bond acceptors (Lipinski definition) is 6. The topological polar surface area (TPSA) is 104 Å². The number of carboxylic acid groups (broad SMARTS) is 1. The van der Waals surface area contributed by atoms with E-state index in [4.69, 9.17) is 21.3 Å². The minimum atomic E-state index is -1.06. The van der Waals surface area contributed by atoms with Crippen LogP contribution in [0.25, 0.3) is 0 Å². The van der Waals surface area contributed by atoms with Gasteiger partial charge in [-0.2, -0.15) is 0 Å². The number of amides is 1. The number of halogens is 1. The third-order valence-electron chi connectivity index (χ3n) is 6.76. The zero-order valence-electron chi connectivity index (χ0n) is 20.5. The molecule has 36 heavy (non-hydrogen) atoms. The van der Waals surface area contributed by atoms with Crippen LogP contribution in [0, 0.1) is 0 Å². The van der Waals surface area contributed by atoms with Crippen molar-refractivity contribution in [3.8, 4) is 0 Å². The highest BCUT2D eigenvalue weighted by Gasteiger charge is 2.30. The molecule has 194 valence electrons. The van der Waals surface area contributed by atoms with Crippen LogP contribution in [0.2, 0.25) is 5.02 Å². The number of pyridine rings is 1. The fourth-order valence-electron chi connectivity index (χ4n) is 4.54. The molecule has 3 N–H and O–H groups in total. The Labute approximate surface area is 217 Å². The number of aliphatic carboxylic acids is 1. The number of carbonyl (C=O) groups excluding carboxylic acids is 1. The minimum Gasteiger partial charge on any atom is -0.480 e. The van der Waals surface area contributed by atoms with Crippen LogP contribution in [0.15, 0.2) is 36.4 Å². The van der Waals surface area contributed by atoms with Crippen LogP contribution in [-0.2, 0) is 29.0 Å². The highest BCUT2D eigenvalue weighted by Crippen LogP contribution is 2.27. The van der Waals surface area contributed by atoms with Crippen LogP contribution in [0.1, 0.15) is 55.3 Å². The number of benzene rings is 1. The summed E-state index contributed by atoms with van der Waals surface area (Å²) in [6, 6.07) is 10.9. The molecule has 8 nitrogen and oxygen atoms in total. The third-order valence-corrected chi connectivity index (χ3v) is 7.12. The fraction of sp³-hybridized carbons (Fsp3) is 0.519. The van der Waals surface area contributed by atoms with Gasteiger partial charge in [-0.3, -0.25) is 0 Å². The van der Waals surface area contributed by atoms with Crippen molar-refractivity contribution in [3.05, 3.63) is 58.2 Å². The molecule has 2 heterocycles. The highest BCUT2D eigenvalue weighted by atomic mass is 35.5. The second kappa shape index (κ2) is 12.9. The van der Waals surface area contributed by atoms with Crippen LogP contribution >= 0.6 is 11.6 Å². The predicted octanol–water partition coefficient (Wildman–Crippen LogP) is 4.65. The summed E-state index contributed by atoms with van der Waals surface area (Å²) in [7, 11) is 0. The summed E-state index contributed by atoms with van der Waals surface area (Å²) in [5.41, 5.74) is 3.09. The first-order valence-corrected chi connectivity index (χ1v) is 13.2. The molecule has 2 aliphatic rings. The third kappa shape index (κ3) is 7.83. The quantitative estimate of drug-likeness (QED) is 0.334. The first-order valence-electron chi connectivity index (χ1n) is 12.9. The summed E-state index contributed by atoms with van der Waals surface area (Å²) >= 11 is 6.08. The first kappa shape index (κ1) is 26.2. The monoisotopic (exact) mass is 514 g/mol. The molecule has 1 aromatic heterocycles. The van der Waals surface area contributed by atoms with Gasteiger partial charge in [0.2, 0.25) is 0 Å². The van der Waals surface area contributed by atoms with Crippen molar-refractivity contribution >= 4 is 29.5 Å². The number of hydrogen-bond donors (Lipinski definition) is 3. The van der Waals surface area contributed by atoms with Gasteiger partial charge < -0.3 is 25.4 Å². The van der Waals surface area contributed by atoms with E-state index in [1.165, 1.54) is 5.56 Å². The van der Waals surface area contributed by atoms with E-state index in [1.54, 1.807) is 24.3 Å². The van der Waals surface area contributed by atoms with Gasteiger partial charge in [-0.1, -0.05) is 35.9 Å². The van der Waals surface area contributed by atoms with E-state index in [9.17, 15) is 14.7 Å².